The zero-order valence-electron chi connectivity index (χ0n) is 8.11. The average molecular weight is 276 g/mol. The summed E-state index contributed by atoms with van der Waals surface area (Å²) in [5.41, 5.74) is 5.74. The Morgan fingerprint density at radius 3 is 2.47 bits per heavy atom. The number of benzene rings is 1. The molecule has 82 valence electrons. The molecule has 1 aromatic carbocycles. The molecule has 0 aliphatic heterocycles. The lowest BCUT2D eigenvalue weighted by Gasteiger charge is -2.14. The highest BCUT2D eigenvalue weighted by Crippen LogP contribution is 2.22. The van der Waals surface area contributed by atoms with Crippen LogP contribution in [0.4, 0.5) is 4.39 Å². The third-order valence-corrected chi connectivity index (χ3v) is 2.51. The molecular formula is C10H11BrFNO2. The first kappa shape index (κ1) is 12.1. The van der Waals surface area contributed by atoms with Crippen LogP contribution in [0.2, 0.25) is 0 Å². The van der Waals surface area contributed by atoms with Crippen molar-refractivity contribution in [2.45, 2.75) is 12.2 Å². The summed E-state index contributed by atoms with van der Waals surface area (Å²) in [6.45, 7) is 0. The third-order valence-electron chi connectivity index (χ3n) is 1.98. The van der Waals surface area contributed by atoms with Gasteiger partial charge >= 0.3 is 5.97 Å². The van der Waals surface area contributed by atoms with Crippen molar-refractivity contribution in [1.82, 2.24) is 0 Å². The van der Waals surface area contributed by atoms with Gasteiger partial charge in [-0.1, -0.05) is 28.1 Å². The van der Waals surface area contributed by atoms with Crippen LogP contribution in [0.1, 0.15) is 11.7 Å². The van der Waals surface area contributed by atoms with E-state index in [1.54, 1.807) is 24.3 Å². The van der Waals surface area contributed by atoms with Crippen molar-refractivity contribution in [2.75, 3.05) is 7.11 Å². The minimum absolute atomic E-state index is 0.358. The number of rotatable bonds is 3. The Bertz CT molecular complexity index is 342. The highest BCUT2D eigenvalue weighted by atomic mass is 79.9. The molecule has 0 radical (unpaired) electrons. The molecule has 1 aromatic rings. The molecular weight excluding hydrogens is 265 g/mol. The molecule has 0 aliphatic carbocycles. The normalized spacial score (nSPS) is 14.4. The average Bonchev–Trinajstić information content (AvgIpc) is 2.27. The molecule has 2 N–H and O–H groups in total. The summed E-state index contributed by atoms with van der Waals surface area (Å²) in [6, 6.07) is 5.23. The quantitative estimate of drug-likeness (QED) is 0.858. The van der Waals surface area contributed by atoms with Crippen LogP contribution in [-0.4, -0.2) is 19.1 Å². The Labute approximate surface area is 95.5 Å². The Morgan fingerprint density at radius 1 is 1.47 bits per heavy atom. The lowest BCUT2D eigenvalue weighted by Crippen LogP contribution is -2.35. The lowest BCUT2D eigenvalue weighted by molar-refractivity contribution is -0.143. The number of hydrogen-bond donors (Lipinski definition) is 1. The number of carbonyl (C=O) groups is 1. The molecule has 0 saturated heterocycles. The molecule has 0 aromatic heterocycles. The van der Waals surface area contributed by atoms with Gasteiger partial charge < -0.3 is 10.5 Å². The van der Waals surface area contributed by atoms with E-state index in [0.717, 1.165) is 4.47 Å². The summed E-state index contributed by atoms with van der Waals surface area (Å²) in [6.07, 6.45) is -1.55. The topological polar surface area (TPSA) is 52.3 Å². The molecule has 2 atom stereocenters. The Kier molecular flexibility index (Phi) is 4.23. The van der Waals surface area contributed by atoms with Crippen molar-refractivity contribution in [3.8, 4) is 0 Å². The number of ether oxygens (including phenoxy) is 1. The number of methoxy groups -OCH3 is 1. The van der Waals surface area contributed by atoms with E-state index in [1.807, 2.05) is 0 Å². The molecule has 0 heterocycles. The Morgan fingerprint density at radius 2 is 2.00 bits per heavy atom. The van der Waals surface area contributed by atoms with Gasteiger partial charge in [-0.05, 0) is 17.7 Å². The minimum Gasteiger partial charge on any atom is -0.468 e. The van der Waals surface area contributed by atoms with Crippen LogP contribution < -0.4 is 5.73 Å². The van der Waals surface area contributed by atoms with Gasteiger partial charge in [0.2, 0.25) is 0 Å². The molecule has 0 spiro atoms. The maximum absolute atomic E-state index is 13.7. The second-order valence-electron chi connectivity index (χ2n) is 3.00. The summed E-state index contributed by atoms with van der Waals surface area (Å²) in [5, 5.41) is 0. The highest BCUT2D eigenvalue weighted by Gasteiger charge is 2.26. The standard InChI is InChI=1S/C10H11BrFNO2/c1-15-10(14)9(13)8(12)6-2-4-7(11)5-3-6/h2-5,8-9H,13H2,1H3. The van der Waals surface area contributed by atoms with Gasteiger partial charge in [0.15, 0.2) is 6.17 Å². The molecule has 1 rings (SSSR count). The van der Waals surface area contributed by atoms with E-state index in [4.69, 9.17) is 5.73 Å². The van der Waals surface area contributed by atoms with Crippen molar-refractivity contribution in [3.63, 3.8) is 0 Å². The van der Waals surface area contributed by atoms with Crippen molar-refractivity contribution in [3.05, 3.63) is 34.3 Å². The zero-order valence-corrected chi connectivity index (χ0v) is 9.70. The van der Waals surface area contributed by atoms with Crippen molar-refractivity contribution in [1.29, 1.82) is 0 Å². The van der Waals surface area contributed by atoms with Crippen molar-refractivity contribution in [2.24, 2.45) is 5.73 Å². The largest absolute Gasteiger partial charge is 0.468 e. The first-order chi connectivity index (χ1) is 7.06. The Hall–Kier alpha value is -0.940. The van der Waals surface area contributed by atoms with Crippen LogP contribution in [0.25, 0.3) is 0 Å². The van der Waals surface area contributed by atoms with Crippen LogP contribution in [-0.2, 0) is 9.53 Å². The van der Waals surface area contributed by atoms with Gasteiger partial charge in [-0.3, -0.25) is 4.79 Å². The first-order valence-corrected chi connectivity index (χ1v) is 5.08. The summed E-state index contributed by atoms with van der Waals surface area (Å²) < 4.78 is 18.9. The van der Waals surface area contributed by atoms with E-state index >= 15 is 0 Å². The van der Waals surface area contributed by atoms with E-state index in [0.29, 0.717) is 5.56 Å². The zero-order chi connectivity index (χ0) is 11.4. The maximum atomic E-state index is 13.7. The van der Waals surface area contributed by atoms with Gasteiger partial charge in [0.25, 0.3) is 0 Å². The molecule has 3 nitrogen and oxygen atoms in total. The second kappa shape index (κ2) is 5.23. The fraction of sp³-hybridized carbons (Fsp3) is 0.300. The molecule has 2 unspecified atom stereocenters. The number of nitrogens with two attached hydrogens (primary N) is 1. The first-order valence-electron chi connectivity index (χ1n) is 4.29. The van der Waals surface area contributed by atoms with Crippen LogP contribution >= 0.6 is 15.9 Å². The van der Waals surface area contributed by atoms with Gasteiger partial charge in [-0.15, -0.1) is 0 Å². The van der Waals surface area contributed by atoms with E-state index < -0.39 is 18.2 Å². The fourth-order valence-electron chi connectivity index (χ4n) is 1.11. The smallest absolute Gasteiger partial charge is 0.326 e. The van der Waals surface area contributed by atoms with Gasteiger partial charge in [0, 0.05) is 4.47 Å². The minimum atomic E-state index is -1.55. The molecule has 0 amide bonds. The van der Waals surface area contributed by atoms with Crippen molar-refractivity contribution < 1.29 is 13.9 Å². The predicted molar refractivity (Wildman–Crippen MR) is 58.0 cm³/mol. The van der Waals surface area contributed by atoms with Crippen LogP contribution in [0.15, 0.2) is 28.7 Å². The molecule has 0 bridgehead atoms. The summed E-state index contributed by atoms with van der Waals surface area (Å²) in [4.78, 5) is 11.0. The predicted octanol–water partition coefficient (Wildman–Crippen LogP) is 1.96. The fourth-order valence-corrected chi connectivity index (χ4v) is 1.37. The lowest BCUT2D eigenvalue weighted by atomic mass is 10.0. The molecule has 0 fully saturated rings. The molecule has 15 heavy (non-hydrogen) atoms. The Balaban J connectivity index is 2.80. The highest BCUT2D eigenvalue weighted by molar-refractivity contribution is 9.10. The number of esters is 1. The monoisotopic (exact) mass is 275 g/mol. The van der Waals surface area contributed by atoms with E-state index in [9.17, 15) is 9.18 Å². The SMILES string of the molecule is COC(=O)C(N)C(F)c1ccc(Br)cc1. The summed E-state index contributed by atoms with van der Waals surface area (Å²) in [5.74, 6) is -0.759. The van der Waals surface area contributed by atoms with Gasteiger partial charge in [0.05, 0.1) is 7.11 Å². The van der Waals surface area contributed by atoms with Crippen LogP contribution in [0.3, 0.4) is 0 Å². The summed E-state index contributed by atoms with van der Waals surface area (Å²) >= 11 is 3.23. The number of halogens is 2. The van der Waals surface area contributed by atoms with E-state index in [2.05, 4.69) is 20.7 Å². The molecule has 0 saturated carbocycles. The van der Waals surface area contributed by atoms with E-state index in [1.165, 1.54) is 7.11 Å². The van der Waals surface area contributed by atoms with Crippen LogP contribution in [0.5, 0.6) is 0 Å². The summed E-state index contributed by atoms with van der Waals surface area (Å²) in [7, 11) is 1.18. The van der Waals surface area contributed by atoms with Gasteiger partial charge in [-0.2, -0.15) is 0 Å². The molecule has 0 aliphatic rings. The number of alkyl halides is 1. The number of hydrogen-bond acceptors (Lipinski definition) is 3. The second-order valence-corrected chi connectivity index (χ2v) is 3.92. The third kappa shape index (κ3) is 3.00. The van der Waals surface area contributed by atoms with E-state index in [-0.39, 0.29) is 0 Å². The van der Waals surface area contributed by atoms with Gasteiger partial charge in [0.1, 0.15) is 6.04 Å². The van der Waals surface area contributed by atoms with Crippen molar-refractivity contribution >= 4 is 21.9 Å². The number of carbonyl (C=O) groups excluding carboxylic acids is 1. The molecule has 5 heteroatoms. The van der Waals surface area contributed by atoms with Gasteiger partial charge in [-0.25, -0.2) is 4.39 Å². The van der Waals surface area contributed by atoms with Crippen LogP contribution in [0, 0.1) is 0 Å². The maximum Gasteiger partial charge on any atom is 0.326 e.